The molecule has 0 bridgehead atoms. The quantitative estimate of drug-likeness (QED) is 0.138. The van der Waals surface area contributed by atoms with E-state index in [1.54, 1.807) is 0 Å². The maximum atomic E-state index is 10.9. The lowest BCUT2D eigenvalue weighted by Crippen LogP contribution is -2.75. The van der Waals surface area contributed by atoms with Gasteiger partial charge in [-0.15, -0.1) is 0 Å². The maximum Gasteiger partial charge on any atom is 0.181 e. The maximum absolute atomic E-state index is 10.9. The van der Waals surface area contributed by atoms with Gasteiger partial charge in [0.25, 0.3) is 0 Å². The third-order valence-corrected chi connectivity index (χ3v) is 14.5. The summed E-state index contributed by atoms with van der Waals surface area (Å²) in [5, 5.41) is 37.6. The van der Waals surface area contributed by atoms with Gasteiger partial charge in [-0.1, -0.05) is 133 Å². The minimum atomic E-state index is -3.17. The SMILES string of the molecule is N#Cc1ccc2c(c1)c1ccccc1n2-c1ccccc1-c1cc(C#N)c(C#N)c([Si](c2ccccc2)(c2ccccc2)c2ccccc2)c1. The van der Waals surface area contributed by atoms with Crippen molar-refractivity contribution in [1.29, 1.82) is 15.8 Å². The normalized spacial score (nSPS) is 11.1. The van der Waals surface area contributed by atoms with Crippen molar-refractivity contribution in [1.82, 2.24) is 4.57 Å². The Balaban J connectivity index is 1.50. The Labute approximate surface area is 291 Å². The summed E-state index contributed by atoms with van der Waals surface area (Å²) in [5.74, 6) is 0. The van der Waals surface area contributed by atoms with Crippen LogP contribution in [-0.2, 0) is 0 Å². The summed E-state index contributed by atoms with van der Waals surface area (Å²) in [4.78, 5) is 0. The number of hydrogen-bond acceptors (Lipinski definition) is 3. The monoisotopic (exact) mass is 652 g/mol. The first-order chi connectivity index (χ1) is 24.7. The molecule has 1 aromatic heterocycles. The van der Waals surface area contributed by atoms with E-state index in [0.717, 1.165) is 59.4 Å². The van der Waals surface area contributed by atoms with E-state index < -0.39 is 8.07 Å². The van der Waals surface area contributed by atoms with E-state index in [1.807, 2.05) is 66.7 Å². The smallest absolute Gasteiger partial charge is 0.181 e. The molecule has 50 heavy (non-hydrogen) atoms. The lowest BCUT2D eigenvalue weighted by molar-refractivity contribution is 1.18. The minimum Gasteiger partial charge on any atom is -0.309 e. The number of para-hydroxylation sites is 2. The Kier molecular flexibility index (Phi) is 7.63. The van der Waals surface area contributed by atoms with Crippen molar-refractivity contribution in [3.05, 3.63) is 187 Å². The first-order valence-corrected chi connectivity index (χ1v) is 18.4. The lowest BCUT2D eigenvalue weighted by atomic mass is 9.98. The molecule has 8 aromatic rings. The van der Waals surface area contributed by atoms with Crippen molar-refractivity contribution < 1.29 is 0 Å². The standard InChI is InChI=1S/C45H28N4Si/c46-29-32-24-25-44-40(26-32)39-21-11-13-23-43(39)49(44)42-22-12-10-20-38(42)33-27-34(30-47)41(31-48)45(28-33)50(35-14-4-1-5-15-35,36-16-6-2-7-17-36)37-18-8-3-9-19-37/h1-28H. The van der Waals surface area contributed by atoms with Crippen LogP contribution in [0.3, 0.4) is 0 Å². The summed E-state index contributed by atoms with van der Waals surface area (Å²) in [5.41, 5.74) is 6.06. The van der Waals surface area contributed by atoms with E-state index in [2.05, 4.69) is 126 Å². The molecule has 1 heterocycles. The van der Waals surface area contributed by atoms with Crippen LogP contribution >= 0.6 is 0 Å². The number of nitriles is 3. The zero-order valence-corrected chi connectivity index (χ0v) is 28.0. The lowest BCUT2D eigenvalue weighted by Gasteiger charge is -2.35. The molecule has 7 aromatic carbocycles. The van der Waals surface area contributed by atoms with Gasteiger partial charge in [-0.25, -0.2) is 0 Å². The molecule has 0 atom stereocenters. The molecule has 0 aliphatic heterocycles. The summed E-state index contributed by atoms with van der Waals surface area (Å²) in [6.45, 7) is 0. The van der Waals surface area contributed by atoms with Gasteiger partial charge in [0, 0.05) is 16.3 Å². The number of aromatic nitrogens is 1. The second kappa shape index (κ2) is 12.6. The Hall–Kier alpha value is -6.97. The first kappa shape index (κ1) is 30.4. The van der Waals surface area contributed by atoms with Crippen LogP contribution in [0.25, 0.3) is 38.6 Å². The number of fused-ring (bicyclic) bond motifs is 3. The van der Waals surface area contributed by atoms with Gasteiger partial charge >= 0.3 is 0 Å². The molecule has 0 spiro atoms. The van der Waals surface area contributed by atoms with Gasteiger partial charge < -0.3 is 4.57 Å². The summed E-state index contributed by atoms with van der Waals surface area (Å²) in [7, 11) is -3.17. The number of hydrogen-bond donors (Lipinski definition) is 0. The third kappa shape index (κ3) is 4.72. The van der Waals surface area contributed by atoms with Gasteiger partial charge in [0.2, 0.25) is 0 Å². The molecule has 0 saturated heterocycles. The van der Waals surface area contributed by atoms with Crippen molar-refractivity contribution in [3.8, 4) is 35.0 Å². The second-order valence-electron chi connectivity index (χ2n) is 12.2. The number of rotatable bonds is 6. The van der Waals surface area contributed by atoms with Crippen LogP contribution in [0.5, 0.6) is 0 Å². The van der Waals surface area contributed by atoms with Crippen LogP contribution in [0.4, 0.5) is 0 Å². The molecule has 232 valence electrons. The van der Waals surface area contributed by atoms with E-state index in [1.165, 1.54) is 0 Å². The zero-order chi connectivity index (χ0) is 34.1. The number of benzene rings is 7. The fourth-order valence-corrected chi connectivity index (χ4v) is 12.5. The Bertz CT molecular complexity index is 2580. The van der Waals surface area contributed by atoms with Crippen molar-refractivity contribution >= 4 is 50.6 Å². The molecule has 0 aliphatic rings. The fraction of sp³-hybridized carbons (Fsp3) is 0. The molecule has 0 unspecified atom stereocenters. The van der Waals surface area contributed by atoms with E-state index >= 15 is 0 Å². The van der Waals surface area contributed by atoms with Gasteiger partial charge in [-0.2, -0.15) is 15.8 Å². The Morgan fingerprint density at radius 3 is 1.62 bits per heavy atom. The highest BCUT2D eigenvalue weighted by atomic mass is 28.3. The molecular weight excluding hydrogens is 625 g/mol. The average molecular weight is 653 g/mol. The summed E-state index contributed by atoms with van der Waals surface area (Å²) in [6, 6.07) is 64.8. The van der Waals surface area contributed by atoms with Crippen molar-refractivity contribution in [2.24, 2.45) is 0 Å². The molecule has 0 aliphatic carbocycles. The molecule has 0 saturated carbocycles. The van der Waals surface area contributed by atoms with Crippen molar-refractivity contribution in [2.45, 2.75) is 0 Å². The Morgan fingerprint density at radius 1 is 0.460 bits per heavy atom. The predicted molar refractivity (Wildman–Crippen MR) is 204 cm³/mol. The minimum absolute atomic E-state index is 0.343. The molecule has 0 fully saturated rings. The Morgan fingerprint density at radius 2 is 1.02 bits per heavy atom. The van der Waals surface area contributed by atoms with E-state index in [-0.39, 0.29) is 0 Å². The van der Waals surface area contributed by atoms with Crippen LogP contribution in [0.1, 0.15) is 16.7 Å². The third-order valence-electron chi connectivity index (χ3n) is 9.65. The zero-order valence-electron chi connectivity index (χ0n) is 27.0. The van der Waals surface area contributed by atoms with Crippen LogP contribution in [0.15, 0.2) is 170 Å². The van der Waals surface area contributed by atoms with Gasteiger partial charge in [-0.3, -0.25) is 0 Å². The van der Waals surface area contributed by atoms with Crippen LogP contribution in [0, 0.1) is 34.0 Å². The highest BCUT2D eigenvalue weighted by Crippen LogP contribution is 2.37. The molecule has 0 amide bonds. The second-order valence-corrected chi connectivity index (χ2v) is 16.0. The molecule has 8 rings (SSSR count). The summed E-state index contributed by atoms with van der Waals surface area (Å²) >= 11 is 0. The molecule has 4 nitrogen and oxygen atoms in total. The molecule has 0 N–H and O–H groups in total. The van der Waals surface area contributed by atoms with E-state index in [9.17, 15) is 15.8 Å². The largest absolute Gasteiger partial charge is 0.309 e. The first-order valence-electron chi connectivity index (χ1n) is 16.4. The van der Waals surface area contributed by atoms with Gasteiger partial charge in [-0.05, 0) is 62.7 Å². The molecule has 0 radical (unpaired) electrons. The van der Waals surface area contributed by atoms with Gasteiger partial charge in [0.15, 0.2) is 8.07 Å². The van der Waals surface area contributed by atoms with Crippen LogP contribution in [0.2, 0.25) is 0 Å². The average Bonchev–Trinajstić information content (AvgIpc) is 3.52. The van der Waals surface area contributed by atoms with E-state index in [0.29, 0.717) is 16.7 Å². The van der Waals surface area contributed by atoms with Gasteiger partial charge in [0.1, 0.15) is 12.1 Å². The van der Waals surface area contributed by atoms with Crippen LogP contribution in [-0.4, -0.2) is 12.6 Å². The number of nitrogens with zero attached hydrogens (tertiary/aromatic N) is 4. The highest BCUT2D eigenvalue weighted by molar-refractivity contribution is 7.20. The van der Waals surface area contributed by atoms with E-state index in [4.69, 9.17) is 0 Å². The van der Waals surface area contributed by atoms with Crippen LogP contribution < -0.4 is 20.7 Å². The fourth-order valence-electron chi connectivity index (χ4n) is 7.55. The predicted octanol–water partition coefficient (Wildman–Crippen LogP) is 7.44. The van der Waals surface area contributed by atoms with Gasteiger partial charge in [0.05, 0.1) is 39.5 Å². The topological polar surface area (TPSA) is 76.3 Å². The molecular formula is C45H28N4Si. The summed E-state index contributed by atoms with van der Waals surface area (Å²) in [6.07, 6.45) is 0. The van der Waals surface area contributed by atoms with Crippen molar-refractivity contribution in [2.75, 3.05) is 0 Å². The highest BCUT2D eigenvalue weighted by Gasteiger charge is 2.44. The summed E-state index contributed by atoms with van der Waals surface area (Å²) < 4.78 is 2.24. The molecule has 5 heteroatoms. The van der Waals surface area contributed by atoms with Crippen molar-refractivity contribution in [3.63, 3.8) is 0 Å².